The smallest absolute Gasteiger partial charge is 0.317 e. The molecule has 21 heavy (non-hydrogen) atoms. The van der Waals surface area contributed by atoms with Gasteiger partial charge in [-0.2, -0.15) is 0 Å². The van der Waals surface area contributed by atoms with Crippen molar-refractivity contribution in [2.24, 2.45) is 5.92 Å². The summed E-state index contributed by atoms with van der Waals surface area (Å²) >= 11 is 6.12. The molecule has 2 amide bonds. The van der Waals surface area contributed by atoms with Gasteiger partial charge in [0.15, 0.2) is 0 Å². The van der Waals surface area contributed by atoms with Gasteiger partial charge in [0.2, 0.25) is 0 Å². The SMILES string of the molecule is O=C(NCc1ccccc1Cl)N(CC1CCOC1)C1CC1. The Morgan fingerprint density at radius 2 is 2.14 bits per heavy atom. The maximum Gasteiger partial charge on any atom is 0.317 e. The third-order valence-electron chi connectivity index (χ3n) is 4.12. The fraction of sp³-hybridized carbons (Fsp3) is 0.562. The Hall–Kier alpha value is -1.26. The zero-order valence-electron chi connectivity index (χ0n) is 12.1. The van der Waals surface area contributed by atoms with E-state index in [1.54, 1.807) is 0 Å². The van der Waals surface area contributed by atoms with Gasteiger partial charge in [0.05, 0.1) is 6.61 Å². The van der Waals surface area contributed by atoms with Crippen molar-refractivity contribution in [2.75, 3.05) is 19.8 Å². The molecule has 1 saturated heterocycles. The first-order chi connectivity index (χ1) is 10.2. The van der Waals surface area contributed by atoms with E-state index in [4.69, 9.17) is 16.3 Å². The molecule has 1 saturated carbocycles. The molecule has 3 rings (SSSR count). The normalized spacial score (nSPS) is 21.3. The molecule has 0 aromatic heterocycles. The minimum Gasteiger partial charge on any atom is -0.381 e. The topological polar surface area (TPSA) is 41.6 Å². The quantitative estimate of drug-likeness (QED) is 0.908. The van der Waals surface area contributed by atoms with Crippen LogP contribution in [0.2, 0.25) is 5.02 Å². The maximum absolute atomic E-state index is 12.4. The van der Waals surface area contributed by atoms with Crippen molar-refractivity contribution in [2.45, 2.75) is 31.8 Å². The summed E-state index contributed by atoms with van der Waals surface area (Å²) in [5.41, 5.74) is 0.951. The molecule has 1 N–H and O–H groups in total. The Labute approximate surface area is 130 Å². The van der Waals surface area contributed by atoms with Gasteiger partial charge < -0.3 is 15.0 Å². The zero-order valence-corrected chi connectivity index (χ0v) is 12.8. The lowest BCUT2D eigenvalue weighted by molar-refractivity contribution is 0.162. The summed E-state index contributed by atoms with van der Waals surface area (Å²) in [5.74, 6) is 0.483. The Bertz CT molecular complexity index is 499. The van der Waals surface area contributed by atoms with Crippen LogP contribution in [0.1, 0.15) is 24.8 Å². The Morgan fingerprint density at radius 1 is 1.33 bits per heavy atom. The summed E-state index contributed by atoms with van der Waals surface area (Å²) in [7, 11) is 0. The molecule has 5 heteroatoms. The van der Waals surface area contributed by atoms with Gasteiger partial charge in [0.1, 0.15) is 0 Å². The number of halogens is 1. The van der Waals surface area contributed by atoms with Crippen LogP contribution in [-0.2, 0) is 11.3 Å². The molecule has 2 fully saturated rings. The predicted molar refractivity (Wildman–Crippen MR) is 82.3 cm³/mol. The van der Waals surface area contributed by atoms with Crippen LogP contribution >= 0.6 is 11.6 Å². The molecule has 1 aliphatic heterocycles. The first-order valence-corrected chi connectivity index (χ1v) is 7.97. The minimum absolute atomic E-state index is 0.0179. The van der Waals surface area contributed by atoms with Gasteiger partial charge in [-0.05, 0) is 30.9 Å². The van der Waals surface area contributed by atoms with E-state index in [2.05, 4.69) is 5.32 Å². The van der Waals surface area contributed by atoms with Crippen molar-refractivity contribution in [3.05, 3.63) is 34.9 Å². The van der Waals surface area contributed by atoms with E-state index < -0.39 is 0 Å². The second-order valence-corrected chi connectivity index (χ2v) is 6.27. The summed E-state index contributed by atoms with van der Waals surface area (Å²) in [5, 5.41) is 3.69. The van der Waals surface area contributed by atoms with Gasteiger partial charge in [-0.1, -0.05) is 29.8 Å². The number of rotatable bonds is 5. The monoisotopic (exact) mass is 308 g/mol. The third-order valence-corrected chi connectivity index (χ3v) is 4.48. The second kappa shape index (κ2) is 6.67. The summed E-state index contributed by atoms with van der Waals surface area (Å²) < 4.78 is 5.41. The first-order valence-electron chi connectivity index (χ1n) is 7.59. The van der Waals surface area contributed by atoms with E-state index in [9.17, 15) is 4.79 Å². The number of hydrogen-bond acceptors (Lipinski definition) is 2. The second-order valence-electron chi connectivity index (χ2n) is 5.86. The molecular formula is C16H21ClN2O2. The Kier molecular flexibility index (Phi) is 4.66. The van der Waals surface area contributed by atoms with E-state index >= 15 is 0 Å². The average molecular weight is 309 g/mol. The van der Waals surface area contributed by atoms with Gasteiger partial charge in [-0.3, -0.25) is 0 Å². The largest absolute Gasteiger partial charge is 0.381 e. The molecule has 1 heterocycles. The van der Waals surface area contributed by atoms with Crippen LogP contribution in [0.4, 0.5) is 4.79 Å². The van der Waals surface area contributed by atoms with Crippen molar-refractivity contribution in [1.29, 1.82) is 0 Å². The van der Waals surface area contributed by atoms with E-state index in [1.165, 1.54) is 0 Å². The number of urea groups is 1. The number of amides is 2. The van der Waals surface area contributed by atoms with Crippen molar-refractivity contribution in [3.63, 3.8) is 0 Å². The molecular weight excluding hydrogens is 288 g/mol. The number of benzene rings is 1. The molecule has 2 aliphatic rings. The average Bonchev–Trinajstić information content (AvgIpc) is 3.20. The van der Waals surface area contributed by atoms with E-state index in [0.29, 0.717) is 23.5 Å². The zero-order chi connectivity index (χ0) is 14.7. The van der Waals surface area contributed by atoms with Gasteiger partial charge >= 0.3 is 6.03 Å². The summed E-state index contributed by atoms with van der Waals surface area (Å²) in [6.07, 6.45) is 3.29. The van der Waals surface area contributed by atoms with E-state index in [-0.39, 0.29) is 6.03 Å². The highest BCUT2D eigenvalue weighted by atomic mass is 35.5. The molecule has 114 valence electrons. The standard InChI is InChI=1S/C16H21ClN2O2/c17-15-4-2-1-3-13(15)9-18-16(20)19(14-5-6-14)10-12-7-8-21-11-12/h1-4,12,14H,5-11H2,(H,18,20). The van der Waals surface area contributed by atoms with Crippen molar-refractivity contribution in [3.8, 4) is 0 Å². The first kappa shape index (κ1) is 14.7. The minimum atomic E-state index is 0.0179. The van der Waals surface area contributed by atoms with Gasteiger partial charge in [0, 0.05) is 36.7 Å². The number of nitrogens with one attached hydrogen (secondary N) is 1. The van der Waals surface area contributed by atoms with Crippen LogP contribution in [0, 0.1) is 5.92 Å². The summed E-state index contributed by atoms with van der Waals surface area (Å²) in [6, 6.07) is 8.04. The summed E-state index contributed by atoms with van der Waals surface area (Å²) in [6.45, 7) is 2.88. The molecule has 0 bridgehead atoms. The molecule has 1 unspecified atom stereocenters. The Morgan fingerprint density at radius 3 is 2.81 bits per heavy atom. The van der Waals surface area contributed by atoms with E-state index in [1.807, 2.05) is 29.2 Å². The number of ether oxygens (including phenoxy) is 1. The number of carbonyl (C=O) groups excluding carboxylic acids is 1. The molecule has 1 aliphatic carbocycles. The number of carbonyl (C=O) groups is 1. The van der Waals surface area contributed by atoms with Crippen LogP contribution in [0.15, 0.2) is 24.3 Å². The highest BCUT2D eigenvalue weighted by molar-refractivity contribution is 6.31. The van der Waals surface area contributed by atoms with Crippen LogP contribution < -0.4 is 5.32 Å². The Balaban J connectivity index is 1.55. The molecule has 1 aromatic rings. The lowest BCUT2D eigenvalue weighted by Crippen LogP contribution is -2.43. The lowest BCUT2D eigenvalue weighted by atomic mass is 10.1. The molecule has 1 aromatic carbocycles. The van der Waals surface area contributed by atoms with Gasteiger partial charge in [-0.25, -0.2) is 4.79 Å². The van der Waals surface area contributed by atoms with Crippen molar-refractivity contribution < 1.29 is 9.53 Å². The fourth-order valence-corrected chi connectivity index (χ4v) is 2.91. The van der Waals surface area contributed by atoms with E-state index in [0.717, 1.165) is 44.6 Å². The van der Waals surface area contributed by atoms with Gasteiger partial charge in [-0.15, -0.1) is 0 Å². The third kappa shape index (κ3) is 3.89. The molecule has 4 nitrogen and oxygen atoms in total. The predicted octanol–water partition coefficient (Wildman–Crippen LogP) is 3.05. The molecule has 0 spiro atoms. The van der Waals surface area contributed by atoms with Crippen LogP contribution in [-0.4, -0.2) is 36.7 Å². The summed E-state index contributed by atoms with van der Waals surface area (Å²) in [4.78, 5) is 14.4. The maximum atomic E-state index is 12.4. The number of hydrogen-bond donors (Lipinski definition) is 1. The molecule has 0 radical (unpaired) electrons. The van der Waals surface area contributed by atoms with Crippen molar-refractivity contribution >= 4 is 17.6 Å². The van der Waals surface area contributed by atoms with Gasteiger partial charge in [0.25, 0.3) is 0 Å². The highest BCUT2D eigenvalue weighted by Gasteiger charge is 2.34. The highest BCUT2D eigenvalue weighted by Crippen LogP contribution is 2.29. The number of nitrogens with zero attached hydrogens (tertiary/aromatic N) is 1. The van der Waals surface area contributed by atoms with Crippen LogP contribution in [0.3, 0.4) is 0 Å². The fourth-order valence-electron chi connectivity index (χ4n) is 2.70. The van der Waals surface area contributed by atoms with Crippen molar-refractivity contribution in [1.82, 2.24) is 10.2 Å². The molecule has 1 atom stereocenters. The van der Waals surface area contributed by atoms with Crippen LogP contribution in [0.25, 0.3) is 0 Å². The lowest BCUT2D eigenvalue weighted by Gasteiger charge is -2.25. The van der Waals surface area contributed by atoms with Crippen LogP contribution in [0.5, 0.6) is 0 Å².